The number of fused-ring (bicyclic) bond motifs is 2. The molecule has 0 aliphatic heterocycles. The average Bonchev–Trinajstić information content (AvgIpc) is 3.25. The number of hydrogen-bond acceptors (Lipinski definition) is 5. The van der Waals surface area contributed by atoms with Crippen LogP contribution in [0.4, 0.5) is 0 Å². The first kappa shape index (κ1) is 17.1. The van der Waals surface area contributed by atoms with Crippen LogP contribution in [0.25, 0.3) is 16.8 Å². The molecule has 4 rings (SSSR count). The van der Waals surface area contributed by atoms with Gasteiger partial charge in [0.1, 0.15) is 12.2 Å². The number of carbonyl (C=O) groups excluding carboxylic acids is 1. The molecule has 1 aromatic carbocycles. The monoisotopic (exact) mass is 363 g/mol. The number of benzene rings is 1. The highest BCUT2D eigenvalue weighted by molar-refractivity contribution is 5.77. The molecule has 0 saturated carbocycles. The Labute approximate surface area is 156 Å². The highest BCUT2D eigenvalue weighted by Crippen LogP contribution is 2.16. The normalized spacial score (nSPS) is 11.4. The maximum Gasteiger partial charge on any atom is 0.252 e. The van der Waals surface area contributed by atoms with Gasteiger partial charge in [0, 0.05) is 24.9 Å². The Morgan fingerprint density at radius 3 is 2.81 bits per heavy atom. The third-order valence-corrected chi connectivity index (χ3v) is 4.91. The fraction of sp³-hybridized carbons (Fsp3) is 0.316. The van der Waals surface area contributed by atoms with E-state index in [0.717, 1.165) is 33.8 Å². The number of nitrogens with one attached hydrogen (secondary N) is 1. The minimum atomic E-state index is -0.0143. The highest BCUT2D eigenvalue weighted by Gasteiger charge is 2.13. The van der Waals surface area contributed by atoms with E-state index in [1.54, 1.807) is 4.52 Å². The number of aromatic nitrogens is 6. The van der Waals surface area contributed by atoms with Gasteiger partial charge in [0.2, 0.25) is 5.91 Å². The molecule has 0 fully saturated rings. The summed E-state index contributed by atoms with van der Waals surface area (Å²) < 4.78 is 3.71. The summed E-state index contributed by atoms with van der Waals surface area (Å²) in [7, 11) is 1.96. The van der Waals surface area contributed by atoms with E-state index in [-0.39, 0.29) is 5.91 Å². The summed E-state index contributed by atoms with van der Waals surface area (Å²) in [6, 6.07) is 7.94. The third-order valence-electron chi connectivity index (χ3n) is 4.91. The lowest BCUT2D eigenvalue weighted by molar-refractivity contribution is -0.121. The van der Waals surface area contributed by atoms with Gasteiger partial charge in [-0.05, 0) is 38.0 Å². The van der Waals surface area contributed by atoms with E-state index >= 15 is 0 Å². The summed E-state index contributed by atoms with van der Waals surface area (Å²) in [6.07, 6.45) is 2.48. The molecule has 0 spiro atoms. The van der Waals surface area contributed by atoms with Crippen LogP contribution >= 0.6 is 0 Å². The lowest BCUT2D eigenvalue weighted by atomic mass is 10.1. The van der Waals surface area contributed by atoms with Crippen LogP contribution in [0.3, 0.4) is 0 Å². The number of hydrogen-bond donors (Lipinski definition) is 1. The van der Waals surface area contributed by atoms with Crippen LogP contribution in [0.1, 0.15) is 29.2 Å². The van der Waals surface area contributed by atoms with E-state index in [1.165, 1.54) is 6.33 Å². The molecule has 8 nitrogen and oxygen atoms in total. The standard InChI is InChI=1S/C19H21N7O/c1-12-14(13(2)26-19(23-12)21-11-22-26)8-9-18(27)20-10-17-24-15-6-4-5-7-16(15)25(17)3/h4-7,11H,8-10H2,1-3H3,(H,20,27). The van der Waals surface area contributed by atoms with Crippen LogP contribution in [0, 0.1) is 13.8 Å². The molecule has 1 N–H and O–H groups in total. The molecule has 0 atom stereocenters. The SMILES string of the molecule is Cc1nc2ncnn2c(C)c1CCC(=O)NCc1nc2ccccc2n1C. The smallest absolute Gasteiger partial charge is 0.252 e. The Morgan fingerprint density at radius 2 is 2.00 bits per heavy atom. The second-order valence-electron chi connectivity index (χ2n) is 6.59. The molecule has 3 heterocycles. The Balaban J connectivity index is 1.42. The van der Waals surface area contributed by atoms with Gasteiger partial charge in [0.25, 0.3) is 5.78 Å². The number of aryl methyl sites for hydroxylation is 3. The van der Waals surface area contributed by atoms with Crippen LogP contribution in [0.15, 0.2) is 30.6 Å². The number of para-hydroxylation sites is 2. The van der Waals surface area contributed by atoms with Crippen LogP contribution in [-0.4, -0.2) is 35.0 Å². The zero-order valence-corrected chi connectivity index (χ0v) is 15.6. The van der Waals surface area contributed by atoms with Gasteiger partial charge in [-0.3, -0.25) is 4.79 Å². The molecule has 8 heteroatoms. The Hall–Kier alpha value is -3.29. The van der Waals surface area contributed by atoms with Crippen molar-refractivity contribution >= 4 is 22.7 Å². The van der Waals surface area contributed by atoms with E-state index < -0.39 is 0 Å². The quantitative estimate of drug-likeness (QED) is 0.585. The molecule has 138 valence electrons. The minimum Gasteiger partial charge on any atom is -0.349 e. The van der Waals surface area contributed by atoms with Gasteiger partial charge in [0.05, 0.1) is 17.6 Å². The van der Waals surface area contributed by atoms with E-state index in [9.17, 15) is 4.79 Å². The topological polar surface area (TPSA) is 90.0 Å². The van der Waals surface area contributed by atoms with Crippen molar-refractivity contribution in [3.8, 4) is 0 Å². The lowest BCUT2D eigenvalue weighted by Gasteiger charge is -2.10. The predicted molar refractivity (Wildman–Crippen MR) is 101 cm³/mol. The lowest BCUT2D eigenvalue weighted by Crippen LogP contribution is -2.25. The van der Waals surface area contributed by atoms with Gasteiger partial charge in [0.15, 0.2) is 0 Å². The van der Waals surface area contributed by atoms with Crippen molar-refractivity contribution in [3.05, 3.63) is 53.4 Å². The summed E-state index contributed by atoms with van der Waals surface area (Å²) in [5.41, 5.74) is 4.88. The summed E-state index contributed by atoms with van der Waals surface area (Å²) >= 11 is 0. The zero-order chi connectivity index (χ0) is 19.0. The Kier molecular flexibility index (Phi) is 4.31. The van der Waals surface area contributed by atoms with Crippen molar-refractivity contribution in [1.29, 1.82) is 0 Å². The maximum atomic E-state index is 12.3. The fourth-order valence-electron chi connectivity index (χ4n) is 3.38. The van der Waals surface area contributed by atoms with Gasteiger partial charge in [-0.2, -0.15) is 10.1 Å². The van der Waals surface area contributed by atoms with Gasteiger partial charge in [-0.25, -0.2) is 14.5 Å². The van der Waals surface area contributed by atoms with Crippen molar-refractivity contribution in [2.75, 3.05) is 0 Å². The fourth-order valence-corrected chi connectivity index (χ4v) is 3.38. The van der Waals surface area contributed by atoms with Crippen molar-refractivity contribution in [2.24, 2.45) is 7.05 Å². The highest BCUT2D eigenvalue weighted by atomic mass is 16.1. The molecular weight excluding hydrogens is 342 g/mol. The Morgan fingerprint density at radius 1 is 1.19 bits per heavy atom. The third kappa shape index (κ3) is 3.14. The molecule has 0 saturated heterocycles. The number of amides is 1. The molecule has 1 amide bonds. The van der Waals surface area contributed by atoms with Gasteiger partial charge < -0.3 is 9.88 Å². The first-order valence-corrected chi connectivity index (χ1v) is 8.87. The van der Waals surface area contributed by atoms with Crippen LogP contribution in [-0.2, 0) is 24.8 Å². The first-order chi connectivity index (χ1) is 13.0. The van der Waals surface area contributed by atoms with Crippen molar-refractivity contribution in [2.45, 2.75) is 33.2 Å². The van der Waals surface area contributed by atoms with E-state index in [1.807, 2.05) is 49.7 Å². The molecule has 3 aromatic heterocycles. The predicted octanol–water partition coefficient (Wildman–Crippen LogP) is 1.88. The summed E-state index contributed by atoms with van der Waals surface area (Å²) in [5, 5.41) is 7.15. The second kappa shape index (κ2) is 6.79. The molecule has 0 aliphatic carbocycles. The average molecular weight is 363 g/mol. The van der Waals surface area contributed by atoms with Crippen molar-refractivity contribution in [1.82, 2.24) is 34.4 Å². The summed E-state index contributed by atoms with van der Waals surface area (Å²) in [6.45, 7) is 4.32. The Bertz CT molecular complexity index is 1140. The molecule has 0 aliphatic rings. The minimum absolute atomic E-state index is 0.0143. The second-order valence-corrected chi connectivity index (χ2v) is 6.59. The number of imidazole rings is 1. The molecule has 0 bridgehead atoms. The molecule has 0 unspecified atom stereocenters. The van der Waals surface area contributed by atoms with Crippen molar-refractivity contribution in [3.63, 3.8) is 0 Å². The molecule has 27 heavy (non-hydrogen) atoms. The largest absolute Gasteiger partial charge is 0.349 e. The summed E-state index contributed by atoms with van der Waals surface area (Å²) in [4.78, 5) is 25.5. The maximum absolute atomic E-state index is 12.3. The first-order valence-electron chi connectivity index (χ1n) is 8.87. The van der Waals surface area contributed by atoms with Crippen LogP contribution in [0.5, 0.6) is 0 Å². The zero-order valence-electron chi connectivity index (χ0n) is 15.6. The number of carbonyl (C=O) groups is 1. The van der Waals surface area contributed by atoms with Crippen LogP contribution < -0.4 is 5.32 Å². The van der Waals surface area contributed by atoms with E-state index in [0.29, 0.717) is 25.2 Å². The van der Waals surface area contributed by atoms with Crippen LogP contribution in [0.2, 0.25) is 0 Å². The molecule has 4 aromatic rings. The van der Waals surface area contributed by atoms with E-state index in [4.69, 9.17) is 0 Å². The van der Waals surface area contributed by atoms with Gasteiger partial charge in [-0.15, -0.1) is 0 Å². The molecule has 0 radical (unpaired) electrons. The van der Waals surface area contributed by atoms with Crippen molar-refractivity contribution < 1.29 is 4.79 Å². The van der Waals surface area contributed by atoms with E-state index in [2.05, 4.69) is 25.4 Å². The molecular formula is C19H21N7O. The number of nitrogens with zero attached hydrogens (tertiary/aromatic N) is 6. The number of rotatable bonds is 5. The van der Waals surface area contributed by atoms with Gasteiger partial charge >= 0.3 is 0 Å². The summed E-state index contributed by atoms with van der Waals surface area (Å²) in [5.74, 6) is 1.40. The van der Waals surface area contributed by atoms with Gasteiger partial charge in [-0.1, -0.05) is 12.1 Å².